The molecule has 0 atom stereocenters. The van der Waals surface area contributed by atoms with Gasteiger partial charge in [-0.3, -0.25) is 4.90 Å². The van der Waals surface area contributed by atoms with Crippen molar-refractivity contribution in [3.63, 3.8) is 0 Å². The molecule has 7 heteroatoms. The van der Waals surface area contributed by atoms with Crippen LogP contribution < -0.4 is 0 Å². The summed E-state index contributed by atoms with van der Waals surface area (Å²) in [6.07, 6.45) is 2.51. The summed E-state index contributed by atoms with van der Waals surface area (Å²) < 4.78 is 32.3. The molecule has 1 aliphatic heterocycles. The van der Waals surface area contributed by atoms with Gasteiger partial charge in [0, 0.05) is 49.3 Å². The first-order valence-electron chi connectivity index (χ1n) is 8.98. The molecule has 3 heterocycles. The van der Waals surface area contributed by atoms with Crippen molar-refractivity contribution < 1.29 is 13.3 Å². The van der Waals surface area contributed by atoms with Crippen molar-refractivity contribution in [2.45, 2.75) is 39.3 Å². The Kier molecular flexibility index (Phi) is 4.70. The molecule has 3 aromatic rings. The largest absolute Gasteiger partial charge is 0.360 e. The molecule has 0 saturated carbocycles. The lowest BCUT2D eigenvalue weighted by Gasteiger charge is -2.25. The highest BCUT2D eigenvalue weighted by atomic mass is 19.2. The van der Waals surface area contributed by atoms with Gasteiger partial charge >= 0.3 is 0 Å². The van der Waals surface area contributed by atoms with Gasteiger partial charge in [0.15, 0.2) is 11.6 Å². The van der Waals surface area contributed by atoms with Crippen LogP contribution in [0, 0.1) is 11.6 Å². The van der Waals surface area contributed by atoms with E-state index in [1.165, 1.54) is 6.07 Å². The summed E-state index contributed by atoms with van der Waals surface area (Å²) in [7, 11) is 0. The Bertz CT molecular complexity index is 970. The molecule has 0 radical (unpaired) electrons. The van der Waals surface area contributed by atoms with Gasteiger partial charge in [0.2, 0.25) is 0 Å². The summed E-state index contributed by atoms with van der Waals surface area (Å²) in [4.78, 5) is 11.2. The molecule has 5 nitrogen and oxygen atoms in total. The van der Waals surface area contributed by atoms with Gasteiger partial charge in [-0.05, 0) is 24.3 Å². The molecule has 27 heavy (non-hydrogen) atoms. The highest BCUT2D eigenvalue weighted by Crippen LogP contribution is 2.31. The standard InChI is InChI=1S/C20H20F2N4O/c1-12(2)20-23-7-5-14(24-20)10-26-8-6-18-15(11-26)19(25-27-18)13-3-4-16(21)17(22)9-13/h3-5,7,9,12H,6,8,10-11H2,1-2H3. The van der Waals surface area contributed by atoms with Crippen LogP contribution in [0.15, 0.2) is 35.0 Å². The molecule has 0 spiro atoms. The maximum atomic E-state index is 13.6. The van der Waals surface area contributed by atoms with Crippen molar-refractivity contribution in [1.29, 1.82) is 0 Å². The van der Waals surface area contributed by atoms with Gasteiger partial charge in [-0.1, -0.05) is 19.0 Å². The molecule has 0 N–H and O–H groups in total. The second-order valence-corrected chi connectivity index (χ2v) is 7.08. The molecule has 0 aliphatic carbocycles. The van der Waals surface area contributed by atoms with Crippen LogP contribution in [0.2, 0.25) is 0 Å². The predicted molar refractivity (Wildman–Crippen MR) is 95.8 cm³/mol. The van der Waals surface area contributed by atoms with Crippen molar-refractivity contribution in [1.82, 2.24) is 20.0 Å². The maximum Gasteiger partial charge on any atom is 0.159 e. The molecular formula is C20H20F2N4O. The average molecular weight is 370 g/mol. The molecule has 1 aromatic carbocycles. The first kappa shape index (κ1) is 17.7. The lowest BCUT2D eigenvalue weighted by atomic mass is 10.0. The number of nitrogens with zero attached hydrogens (tertiary/aromatic N) is 4. The third-order valence-electron chi connectivity index (χ3n) is 4.73. The Morgan fingerprint density at radius 3 is 2.81 bits per heavy atom. The minimum absolute atomic E-state index is 0.274. The van der Waals surface area contributed by atoms with Crippen LogP contribution in [0.25, 0.3) is 11.3 Å². The van der Waals surface area contributed by atoms with Crippen LogP contribution in [0.5, 0.6) is 0 Å². The Morgan fingerprint density at radius 2 is 2.04 bits per heavy atom. The Morgan fingerprint density at radius 1 is 1.19 bits per heavy atom. The van der Waals surface area contributed by atoms with Crippen molar-refractivity contribution in [2.75, 3.05) is 6.54 Å². The van der Waals surface area contributed by atoms with Gasteiger partial charge in [0.25, 0.3) is 0 Å². The Labute approximate surface area is 156 Å². The minimum Gasteiger partial charge on any atom is -0.360 e. The van der Waals surface area contributed by atoms with Crippen LogP contribution in [-0.4, -0.2) is 26.6 Å². The van der Waals surface area contributed by atoms with E-state index in [9.17, 15) is 8.78 Å². The molecule has 0 unspecified atom stereocenters. The zero-order valence-corrected chi connectivity index (χ0v) is 15.2. The third-order valence-corrected chi connectivity index (χ3v) is 4.73. The number of fused-ring (bicyclic) bond motifs is 1. The molecule has 0 saturated heterocycles. The first-order chi connectivity index (χ1) is 13.0. The number of benzene rings is 1. The van der Waals surface area contributed by atoms with Crippen LogP contribution in [-0.2, 0) is 19.5 Å². The number of rotatable bonds is 4. The summed E-state index contributed by atoms with van der Waals surface area (Å²) in [5.41, 5.74) is 2.97. The van der Waals surface area contributed by atoms with E-state index in [-0.39, 0.29) is 5.92 Å². The zero-order chi connectivity index (χ0) is 19.0. The Balaban J connectivity index is 1.57. The number of halogens is 2. The normalized spacial score (nSPS) is 14.6. The second-order valence-electron chi connectivity index (χ2n) is 7.08. The molecule has 4 rings (SSSR count). The van der Waals surface area contributed by atoms with E-state index < -0.39 is 11.6 Å². The third kappa shape index (κ3) is 3.60. The van der Waals surface area contributed by atoms with Gasteiger partial charge in [-0.25, -0.2) is 18.7 Å². The second kappa shape index (κ2) is 7.15. The summed E-state index contributed by atoms with van der Waals surface area (Å²) >= 11 is 0. The van der Waals surface area contributed by atoms with E-state index in [1.54, 1.807) is 6.20 Å². The van der Waals surface area contributed by atoms with Crippen LogP contribution >= 0.6 is 0 Å². The topological polar surface area (TPSA) is 55.1 Å². The quantitative estimate of drug-likeness (QED) is 0.692. The number of hydrogen-bond donors (Lipinski definition) is 0. The van der Waals surface area contributed by atoms with E-state index in [0.29, 0.717) is 30.8 Å². The summed E-state index contributed by atoms with van der Waals surface area (Å²) in [5.74, 6) is 0.145. The maximum absolute atomic E-state index is 13.6. The summed E-state index contributed by atoms with van der Waals surface area (Å²) in [6.45, 7) is 6.26. The summed E-state index contributed by atoms with van der Waals surface area (Å²) in [6, 6.07) is 5.71. The monoisotopic (exact) mass is 370 g/mol. The predicted octanol–water partition coefficient (Wildman–Crippen LogP) is 4.09. The van der Waals surface area contributed by atoms with Crippen molar-refractivity contribution in [2.24, 2.45) is 0 Å². The van der Waals surface area contributed by atoms with Crippen molar-refractivity contribution in [3.8, 4) is 11.3 Å². The van der Waals surface area contributed by atoms with E-state index in [2.05, 4.69) is 33.9 Å². The highest BCUT2D eigenvalue weighted by molar-refractivity contribution is 5.63. The van der Waals surface area contributed by atoms with Crippen LogP contribution in [0.1, 0.15) is 42.6 Å². The molecule has 0 fully saturated rings. The lowest BCUT2D eigenvalue weighted by Crippen LogP contribution is -2.30. The fourth-order valence-electron chi connectivity index (χ4n) is 3.28. The van der Waals surface area contributed by atoms with E-state index in [0.717, 1.165) is 41.5 Å². The van der Waals surface area contributed by atoms with E-state index >= 15 is 0 Å². The molecule has 140 valence electrons. The minimum atomic E-state index is -0.890. The number of hydrogen-bond acceptors (Lipinski definition) is 5. The molecule has 1 aliphatic rings. The summed E-state index contributed by atoms with van der Waals surface area (Å²) in [5, 5.41) is 4.10. The van der Waals surface area contributed by atoms with Gasteiger partial charge in [0.1, 0.15) is 17.3 Å². The Hall–Kier alpha value is -2.67. The van der Waals surface area contributed by atoms with Gasteiger partial charge < -0.3 is 4.52 Å². The molecule has 2 aromatic heterocycles. The SMILES string of the molecule is CC(C)c1nccc(CN2CCc3onc(-c4ccc(F)c(F)c4)c3C2)n1. The average Bonchev–Trinajstić information content (AvgIpc) is 3.07. The van der Waals surface area contributed by atoms with Gasteiger partial charge in [-0.2, -0.15) is 0 Å². The fourth-order valence-corrected chi connectivity index (χ4v) is 3.28. The lowest BCUT2D eigenvalue weighted by molar-refractivity contribution is 0.226. The van der Waals surface area contributed by atoms with Gasteiger partial charge in [0.05, 0.1) is 5.69 Å². The van der Waals surface area contributed by atoms with Crippen molar-refractivity contribution >= 4 is 0 Å². The smallest absolute Gasteiger partial charge is 0.159 e. The van der Waals surface area contributed by atoms with Gasteiger partial charge in [-0.15, -0.1) is 0 Å². The number of aromatic nitrogens is 3. The highest BCUT2D eigenvalue weighted by Gasteiger charge is 2.25. The van der Waals surface area contributed by atoms with Crippen molar-refractivity contribution in [3.05, 3.63) is 64.9 Å². The zero-order valence-electron chi connectivity index (χ0n) is 15.2. The van der Waals surface area contributed by atoms with E-state index in [1.807, 2.05) is 6.07 Å². The van der Waals surface area contributed by atoms with Crippen LogP contribution in [0.4, 0.5) is 8.78 Å². The molecular weight excluding hydrogens is 350 g/mol. The van der Waals surface area contributed by atoms with Crippen LogP contribution in [0.3, 0.4) is 0 Å². The molecule has 0 bridgehead atoms. The van der Waals surface area contributed by atoms with E-state index in [4.69, 9.17) is 4.52 Å². The molecule has 0 amide bonds. The first-order valence-corrected chi connectivity index (χ1v) is 8.98. The fraction of sp³-hybridized carbons (Fsp3) is 0.350.